The van der Waals surface area contributed by atoms with Gasteiger partial charge in [0, 0.05) is 87.0 Å². The number of aryl methyl sites for hydroxylation is 12. The van der Waals surface area contributed by atoms with Crippen LogP contribution in [0.2, 0.25) is 0 Å². The molecule has 9 nitrogen and oxygen atoms in total. The lowest BCUT2D eigenvalue weighted by molar-refractivity contribution is 0.465. The minimum Gasteiger partial charge on any atom is -0.458 e. The van der Waals surface area contributed by atoms with E-state index in [9.17, 15) is 0 Å². The summed E-state index contributed by atoms with van der Waals surface area (Å²) in [6.45, 7) is 25.9. The van der Waals surface area contributed by atoms with Crippen molar-refractivity contribution in [3.8, 4) is 34.5 Å². The monoisotopic (exact) mass is 1550 g/mol. The number of benzene rings is 16. The van der Waals surface area contributed by atoms with E-state index in [0.29, 0.717) is 0 Å². The Morgan fingerprint density at radius 2 is 0.467 bits per heavy atom. The third-order valence-electron chi connectivity index (χ3n) is 26.1. The Morgan fingerprint density at radius 3 is 0.842 bits per heavy atom. The lowest BCUT2D eigenvalue weighted by Crippen LogP contribution is -2.65. The summed E-state index contributed by atoms with van der Waals surface area (Å²) < 4.78 is 23.5. The van der Waals surface area contributed by atoms with E-state index in [1.807, 2.05) is 0 Å². The first-order chi connectivity index (χ1) is 58.5. The van der Waals surface area contributed by atoms with Crippen molar-refractivity contribution in [2.24, 2.45) is 0 Å². The minimum absolute atomic E-state index is 0.262. The van der Waals surface area contributed by atoms with E-state index >= 15 is 0 Å². The van der Waals surface area contributed by atoms with E-state index < -0.39 is 6.71 Å². The van der Waals surface area contributed by atoms with Gasteiger partial charge >= 0.3 is 0 Å². The molecule has 6 aliphatic rings. The van der Waals surface area contributed by atoms with Crippen molar-refractivity contribution in [2.75, 3.05) is 29.4 Å². The van der Waals surface area contributed by atoms with Crippen molar-refractivity contribution in [3.63, 3.8) is 0 Å². The van der Waals surface area contributed by atoms with Gasteiger partial charge in [-0.2, -0.15) is 0 Å². The second kappa shape index (κ2) is 27.8. The number of fused-ring (bicyclic) bond motifs is 12. The van der Waals surface area contributed by atoms with Gasteiger partial charge in [-0.25, -0.2) is 0 Å². The van der Waals surface area contributed by atoms with Crippen LogP contribution in [0.25, 0.3) is 0 Å². The summed E-state index contributed by atoms with van der Waals surface area (Å²) in [7, 11) is 0. The Hall–Kier alpha value is -14.1. The lowest BCUT2D eigenvalue weighted by atomic mass is 9.29. The molecular weight excluding hydrogens is 1460 g/mol. The summed E-state index contributed by atoms with van der Waals surface area (Å²) in [5.74, 6) is 4.65. The zero-order valence-corrected chi connectivity index (χ0v) is 69.6. The number of anilines is 18. The molecule has 0 aliphatic carbocycles. The highest BCUT2D eigenvalue weighted by Gasteiger charge is 2.51. The number of nitrogens with zero attached hydrogens (tertiary/aromatic N) is 6. The molecule has 16 aromatic carbocycles. The van der Waals surface area contributed by atoms with Crippen LogP contribution in [0.1, 0.15) is 66.8 Å². The van der Waals surface area contributed by atoms with Crippen LogP contribution in [-0.2, 0) is 0 Å². The molecule has 0 radical (unpaired) electrons. The summed E-state index contributed by atoms with van der Waals surface area (Å²) in [4.78, 5) is 15.1. The van der Waals surface area contributed by atoms with E-state index in [1.54, 1.807) is 0 Å². The highest BCUT2D eigenvalue weighted by atomic mass is 16.5. The number of hydrogen-bond donors (Lipinski definition) is 0. The molecule has 0 amide bonds. The van der Waals surface area contributed by atoms with Crippen LogP contribution in [0.5, 0.6) is 34.5 Å². The molecule has 0 saturated heterocycles. The lowest BCUT2D eigenvalue weighted by Gasteiger charge is -2.46. The molecule has 0 spiro atoms. The Balaban J connectivity index is 0.832. The predicted molar refractivity (Wildman–Crippen MR) is 505 cm³/mol. The van der Waals surface area contributed by atoms with Gasteiger partial charge in [0.05, 0.1) is 51.2 Å². The largest absolute Gasteiger partial charge is 0.458 e. The number of hydrogen-bond acceptors (Lipinski definition) is 9. The van der Waals surface area contributed by atoms with Gasteiger partial charge in [-0.3, -0.25) is 0 Å². The van der Waals surface area contributed by atoms with Crippen LogP contribution >= 0.6 is 0 Å². The molecule has 22 rings (SSSR count). The van der Waals surface area contributed by atoms with E-state index in [1.165, 1.54) is 60.9 Å². The molecule has 0 aromatic heterocycles. The zero-order valence-electron chi connectivity index (χ0n) is 69.6. The maximum atomic E-state index is 8.04. The Bertz CT molecular complexity index is 6720. The third kappa shape index (κ3) is 11.0. The van der Waals surface area contributed by atoms with E-state index in [0.717, 1.165) is 192 Å². The van der Waals surface area contributed by atoms with Gasteiger partial charge in [0.1, 0.15) is 34.5 Å². The molecule has 16 aromatic rings. The molecule has 0 bridgehead atoms. The molecule has 0 saturated carbocycles. The molecule has 0 atom stereocenters. The fraction of sp³-hybridized carbons (Fsp3) is 0.111. The molecule has 0 N–H and O–H groups in total. The molecule has 6 heterocycles. The maximum Gasteiger partial charge on any atom is 0.260 e. The van der Waals surface area contributed by atoms with Gasteiger partial charge in [0.25, 0.3) is 20.1 Å². The number of para-hydroxylation sites is 11. The Labute approximate surface area is 704 Å². The summed E-state index contributed by atoms with van der Waals surface area (Å²) in [6.07, 6.45) is 0. The maximum absolute atomic E-state index is 8.04. The third-order valence-corrected chi connectivity index (χ3v) is 26.1. The van der Waals surface area contributed by atoms with Gasteiger partial charge < -0.3 is 43.6 Å². The van der Waals surface area contributed by atoms with E-state index in [-0.39, 0.29) is 13.4 Å². The van der Waals surface area contributed by atoms with Crippen molar-refractivity contribution in [3.05, 3.63) is 376 Å². The van der Waals surface area contributed by atoms with Gasteiger partial charge in [0.2, 0.25) is 0 Å². The van der Waals surface area contributed by atoms with Crippen LogP contribution in [-0.4, -0.2) is 20.1 Å². The quantitative estimate of drug-likeness (QED) is 0.111. The number of ether oxygens (including phenoxy) is 3. The second-order valence-corrected chi connectivity index (χ2v) is 33.7. The summed E-state index contributed by atoms with van der Waals surface area (Å²) in [5.41, 5.74) is 43.4. The Morgan fingerprint density at radius 1 is 0.192 bits per heavy atom. The molecule has 0 fully saturated rings. The normalized spacial score (nSPS) is 13.1. The van der Waals surface area contributed by atoms with Gasteiger partial charge in [-0.1, -0.05) is 212 Å². The van der Waals surface area contributed by atoms with E-state index in [4.69, 9.17) is 14.2 Å². The van der Waals surface area contributed by atoms with Gasteiger partial charge in [0.15, 0.2) is 0 Å². The first kappa shape index (κ1) is 72.4. The van der Waals surface area contributed by atoms with Crippen molar-refractivity contribution in [1.29, 1.82) is 0 Å². The summed E-state index contributed by atoms with van der Waals surface area (Å²) in [5, 5.41) is 0. The highest BCUT2D eigenvalue weighted by molar-refractivity contribution is 7.03. The fourth-order valence-electron chi connectivity index (χ4n) is 21.1. The average molecular weight is 1550 g/mol. The molecule has 0 unspecified atom stereocenters. The van der Waals surface area contributed by atoms with Crippen LogP contribution in [0, 0.1) is 83.1 Å². The van der Waals surface area contributed by atoms with Crippen molar-refractivity contribution < 1.29 is 14.2 Å². The van der Waals surface area contributed by atoms with E-state index in [2.05, 4.69) is 422 Å². The van der Waals surface area contributed by atoms with Crippen LogP contribution in [0.15, 0.2) is 309 Å². The average Bonchev–Trinajstić information content (AvgIpc) is 0.412. The van der Waals surface area contributed by atoms with Gasteiger partial charge in [-0.15, -0.1) is 0 Å². The van der Waals surface area contributed by atoms with Crippen molar-refractivity contribution in [2.45, 2.75) is 83.1 Å². The summed E-state index contributed by atoms with van der Waals surface area (Å²) in [6, 6.07) is 115. The molecule has 120 heavy (non-hydrogen) atoms. The van der Waals surface area contributed by atoms with Crippen LogP contribution in [0.3, 0.4) is 0 Å². The Kier molecular flexibility index (Phi) is 16.8. The van der Waals surface area contributed by atoms with Crippen molar-refractivity contribution >= 4 is 172 Å². The smallest absolute Gasteiger partial charge is 0.260 e. The first-order valence-electron chi connectivity index (χ1n) is 42.0. The van der Waals surface area contributed by atoms with Crippen molar-refractivity contribution in [1.82, 2.24) is 0 Å². The van der Waals surface area contributed by atoms with Gasteiger partial charge in [-0.05, 0) is 260 Å². The molecule has 12 heteroatoms. The standard InChI is InChI=1S/C108H87B3N6O3/c1-64-32-26-33-65(2)103(64)115(104-66(3)34-27-35-67(104)4)79-54-91-100-92(55-79)113(77-46-18-14-19-47-77)89-62-95-86(60-84(89)109(100)82-50-22-24-52-88(82)112(91)76-44-16-13-17-45-76)111-87-61-85-90(63-96(87)120-99-59-81(58-98(119-95)102(99)111)117(107-72(9)40-30-41-73(107)10)108-74(11)42-31-43-75(108)12)114(78-48-20-15-21-49-78)93-56-80(57-97-101(93)110(85)83-51-23-25-53-94(83)118-97)116(105-68(5)36-28-37-69(105)6)106-70(7)38-29-39-71(106)8/h13-63H,1-12H3. The minimum atomic E-state index is -0.413. The molecule has 6 aliphatic heterocycles. The highest BCUT2D eigenvalue weighted by Crippen LogP contribution is 2.55. The summed E-state index contributed by atoms with van der Waals surface area (Å²) >= 11 is 0. The molecule has 576 valence electrons. The first-order valence-corrected chi connectivity index (χ1v) is 42.0. The fourth-order valence-corrected chi connectivity index (χ4v) is 21.1. The second-order valence-electron chi connectivity index (χ2n) is 33.7. The topological polar surface area (TPSA) is 47.1 Å². The molecular formula is C108H87B3N6O3. The number of rotatable bonds is 12. The van der Waals surface area contributed by atoms with Crippen LogP contribution in [0.4, 0.5) is 102 Å². The SMILES string of the molecule is Cc1cccc(C)c1N(c1cc2c3c(c1)Oc1cc4c(cc1B3c1cc3c(cc1O2)N(c1ccccc1)c1cc(N(c2c(C)cccc2C)c2c(C)cccc2C)cc2c1B3c1ccccc1O2)B1c2ccccc2N(c2ccccc2)c2cc(N(c3c(C)cccc3C)c3c(C)cccc3C)cc(c21)N4c1ccccc1)c1c(C)cccc1C. The van der Waals surface area contributed by atoms with Crippen LogP contribution < -0.4 is 92.8 Å². The zero-order chi connectivity index (χ0) is 81.4. The predicted octanol–water partition coefficient (Wildman–Crippen LogP) is 23.0.